The number of nitrogens with zero attached hydrogens (tertiary/aromatic N) is 2. The van der Waals surface area contributed by atoms with Crippen molar-refractivity contribution in [2.45, 2.75) is 31.9 Å². The molecule has 1 aliphatic heterocycles. The standard InChI is InChI=1S/C20H18BrClFN3O3/c21-11-4-5-15(14(22)7-11)25-18-13(20(27)28)8-16-19(17(18)23)24-10-26(16)9-12-3-1-2-6-29-12/h4-5,7-8,10,12,25H,1-3,6,9H2,(H,27,28). The summed E-state index contributed by atoms with van der Waals surface area (Å²) >= 11 is 9.50. The summed E-state index contributed by atoms with van der Waals surface area (Å²) in [6.07, 6.45) is 4.56. The Morgan fingerprint density at radius 1 is 1.41 bits per heavy atom. The summed E-state index contributed by atoms with van der Waals surface area (Å²) in [5, 5.41) is 12.8. The molecule has 2 N–H and O–H groups in total. The van der Waals surface area contributed by atoms with Gasteiger partial charge in [0.15, 0.2) is 5.82 Å². The fourth-order valence-corrected chi connectivity index (χ4v) is 4.21. The Labute approximate surface area is 179 Å². The first-order valence-electron chi connectivity index (χ1n) is 9.18. The number of fused-ring (bicyclic) bond motifs is 1. The van der Waals surface area contributed by atoms with Gasteiger partial charge in [0.25, 0.3) is 0 Å². The summed E-state index contributed by atoms with van der Waals surface area (Å²) in [5.41, 5.74) is 0.544. The van der Waals surface area contributed by atoms with Crippen LogP contribution in [0.25, 0.3) is 11.0 Å². The molecule has 1 saturated heterocycles. The van der Waals surface area contributed by atoms with E-state index in [1.54, 1.807) is 22.8 Å². The molecule has 1 fully saturated rings. The second-order valence-electron chi connectivity index (χ2n) is 6.92. The number of nitrogens with one attached hydrogen (secondary N) is 1. The third-order valence-electron chi connectivity index (χ3n) is 4.95. The minimum absolute atomic E-state index is 0.0110. The van der Waals surface area contributed by atoms with Crippen molar-refractivity contribution in [3.05, 3.63) is 51.5 Å². The van der Waals surface area contributed by atoms with Crippen LogP contribution >= 0.6 is 27.5 Å². The molecule has 6 nitrogen and oxygen atoms in total. The van der Waals surface area contributed by atoms with E-state index in [9.17, 15) is 9.90 Å². The molecule has 0 amide bonds. The van der Waals surface area contributed by atoms with Crippen molar-refractivity contribution < 1.29 is 19.0 Å². The maximum Gasteiger partial charge on any atom is 0.338 e. The van der Waals surface area contributed by atoms with Gasteiger partial charge in [-0.15, -0.1) is 0 Å². The minimum atomic E-state index is -1.25. The van der Waals surface area contributed by atoms with E-state index in [1.807, 2.05) is 0 Å². The van der Waals surface area contributed by atoms with E-state index in [2.05, 4.69) is 26.2 Å². The van der Waals surface area contributed by atoms with Crippen LogP contribution in [0.5, 0.6) is 0 Å². The number of halogens is 3. The number of carboxylic acids is 1. The number of rotatable bonds is 5. The van der Waals surface area contributed by atoms with Crippen molar-refractivity contribution in [3.63, 3.8) is 0 Å². The van der Waals surface area contributed by atoms with Gasteiger partial charge in [-0.3, -0.25) is 0 Å². The Morgan fingerprint density at radius 3 is 2.93 bits per heavy atom. The van der Waals surface area contributed by atoms with Gasteiger partial charge in [0.1, 0.15) is 5.52 Å². The van der Waals surface area contributed by atoms with Gasteiger partial charge in [0.05, 0.1) is 46.5 Å². The quantitative estimate of drug-likeness (QED) is 0.495. The van der Waals surface area contributed by atoms with E-state index in [0.29, 0.717) is 29.4 Å². The molecule has 2 aromatic carbocycles. The zero-order valence-electron chi connectivity index (χ0n) is 15.3. The van der Waals surface area contributed by atoms with Crippen LogP contribution in [0, 0.1) is 5.82 Å². The number of hydrogen-bond donors (Lipinski definition) is 2. The summed E-state index contributed by atoms with van der Waals surface area (Å²) < 4.78 is 23.5. The Balaban J connectivity index is 1.75. The fourth-order valence-electron chi connectivity index (χ4n) is 3.49. The third kappa shape index (κ3) is 4.10. The number of carbonyl (C=O) groups is 1. The van der Waals surface area contributed by atoms with Crippen molar-refractivity contribution in [2.75, 3.05) is 11.9 Å². The highest BCUT2D eigenvalue weighted by molar-refractivity contribution is 9.10. The smallest absolute Gasteiger partial charge is 0.338 e. The zero-order valence-corrected chi connectivity index (χ0v) is 17.6. The molecule has 152 valence electrons. The molecule has 9 heteroatoms. The summed E-state index contributed by atoms with van der Waals surface area (Å²) in [5.74, 6) is -1.98. The number of aromatic nitrogens is 2. The van der Waals surface area contributed by atoms with Gasteiger partial charge in [0.2, 0.25) is 0 Å². The van der Waals surface area contributed by atoms with E-state index in [4.69, 9.17) is 16.3 Å². The largest absolute Gasteiger partial charge is 0.478 e. The molecule has 0 bridgehead atoms. The summed E-state index contributed by atoms with van der Waals surface area (Å²) in [7, 11) is 0. The lowest BCUT2D eigenvalue weighted by atomic mass is 10.1. The number of carboxylic acid groups (broad SMARTS) is 1. The zero-order chi connectivity index (χ0) is 20.5. The maximum absolute atomic E-state index is 15.3. The SMILES string of the molecule is O=C(O)c1cc2c(ncn2CC2CCCCO2)c(F)c1Nc1ccc(Br)cc1Cl. The molecule has 0 radical (unpaired) electrons. The first kappa shape index (κ1) is 20.1. The number of aromatic carboxylic acids is 1. The van der Waals surface area contributed by atoms with Crippen LogP contribution < -0.4 is 5.32 Å². The lowest BCUT2D eigenvalue weighted by Gasteiger charge is -2.23. The first-order chi connectivity index (χ1) is 13.9. The Morgan fingerprint density at radius 2 is 2.24 bits per heavy atom. The van der Waals surface area contributed by atoms with E-state index in [0.717, 1.165) is 23.7 Å². The van der Waals surface area contributed by atoms with Crippen LogP contribution in [-0.2, 0) is 11.3 Å². The van der Waals surface area contributed by atoms with Gasteiger partial charge >= 0.3 is 5.97 Å². The van der Waals surface area contributed by atoms with Crippen LogP contribution in [-0.4, -0.2) is 33.3 Å². The Bertz CT molecular complexity index is 1080. The summed E-state index contributed by atoms with van der Waals surface area (Å²) in [4.78, 5) is 16.1. The van der Waals surface area contributed by atoms with Crippen molar-refractivity contribution in [2.24, 2.45) is 0 Å². The molecule has 1 atom stereocenters. The molecule has 1 unspecified atom stereocenters. The van der Waals surface area contributed by atoms with Crippen LogP contribution in [0.15, 0.2) is 35.1 Å². The topological polar surface area (TPSA) is 76.4 Å². The molecule has 29 heavy (non-hydrogen) atoms. The highest BCUT2D eigenvalue weighted by Gasteiger charge is 2.23. The highest BCUT2D eigenvalue weighted by Crippen LogP contribution is 2.34. The first-order valence-corrected chi connectivity index (χ1v) is 10.4. The van der Waals surface area contributed by atoms with Gasteiger partial charge in [-0.2, -0.15) is 0 Å². The molecule has 2 heterocycles. The number of ether oxygens (including phenoxy) is 1. The predicted molar refractivity (Wildman–Crippen MR) is 113 cm³/mol. The Kier molecular flexibility index (Phi) is 5.76. The van der Waals surface area contributed by atoms with Crippen molar-refractivity contribution in [1.29, 1.82) is 0 Å². The van der Waals surface area contributed by atoms with Gasteiger partial charge in [-0.25, -0.2) is 14.2 Å². The molecule has 3 aromatic rings. The van der Waals surface area contributed by atoms with Crippen molar-refractivity contribution in [1.82, 2.24) is 9.55 Å². The molecule has 1 aromatic heterocycles. The van der Waals surface area contributed by atoms with E-state index >= 15 is 4.39 Å². The average Bonchev–Trinajstić information content (AvgIpc) is 3.09. The van der Waals surface area contributed by atoms with Crippen molar-refractivity contribution in [3.8, 4) is 0 Å². The summed E-state index contributed by atoms with van der Waals surface area (Å²) in [6, 6.07) is 6.44. The van der Waals surface area contributed by atoms with E-state index in [1.165, 1.54) is 12.4 Å². The van der Waals surface area contributed by atoms with Gasteiger partial charge in [-0.1, -0.05) is 27.5 Å². The normalized spacial score (nSPS) is 16.9. The second kappa shape index (κ2) is 8.30. The molecule has 0 aliphatic carbocycles. The molecule has 0 spiro atoms. The molecule has 1 aliphatic rings. The highest BCUT2D eigenvalue weighted by atomic mass is 79.9. The van der Waals surface area contributed by atoms with Gasteiger partial charge in [0, 0.05) is 11.1 Å². The predicted octanol–water partition coefficient (Wildman–Crippen LogP) is 5.60. The third-order valence-corrected chi connectivity index (χ3v) is 5.76. The Hall–Kier alpha value is -2.16. The minimum Gasteiger partial charge on any atom is -0.478 e. The lowest BCUT2D eigenvalue weighted by molar-refractivity contribution is 0.00661. The number of imidazole rings is 1. The molecular formula is C20H18BrClFN3O3. The maximum atomic E-state index is 15.3. The van der Waals surface area contributed by atoms with Gasteiger partial charge in [-0.05, 0) is 43.5 Å². The summed E-state index contributed by atoms with van der Waals surface area (Å²) in [6.45, 7) is 1.20. The average molecular weight is 483 g/mol. The number of anilines is 2. The molecular weight excluding hydrogens is 465 g/mol. The van der Waals surface area contributed by atoms with Crippen LogP contribution in [0.4, 0.5) is 15.8 Å². The van der Waals surface area contributed by atoms with Crippen LogP contribution in [0.2, 0.25) is 5.02 Å². The van der Waals surface area contributed by atoms with Crippen molar-refractivity contribution >= 4 is 55.9 Å². The fraction of sp³-hybridized carbons (Fsp3) is 0.300. The monoisotopic (exact) mass is 481 g/mol. The molecule has 4 rings (SSSR count). The van der Waals surface area contributed by atoms with Crippen LogP contribution in [0.1, 0.15) is 29.6 Å². The lowest BCUT2D eigenvalue weighted by Crippen LogP contribution is -2.24. The van der Waals surface area contributed by atoms with E-state index < -0.39 is 11.8 Å². The second-order valence-corrected chi connectivity index (χ2v) is 8.24. The van der Waals surface area contributed by atoms with Crippen LogP contribution in [0.3, 0.4) is 0 Å². The van der Waals surface area contributed by atoms with E-state index in [-0.39, 0.29) is 22.9 Å². The van der Waals surface area contributed by atoms with Gasteiger partial charge < -0.3 is 19.7 Å². The number of hydrogen-bond acceptors (Lipinski definition) is 4. The molecule has 0 saturated carbocycles. The number of benzene rings is 2.